The maximum atomic E-state index is 12.6. The van der Waals surface area contributed by atoms with Crippen molar-refractivity contribution in [3.8, 4) is 0 Å². The van der Waals surface area contributed by atoms with Crippen LogP contribution in [-0.2, 0) is 6.54 Å². The molecule has 2 N–H and O–H groups in total. The Morgan fingerprint density at radius 2 is 2.25 bits per heavy atom. The Labute approximate surface area is 143 Å². The van der Waals surface area contributed by atoms with Crippen LogP contribution in [0.3, 0.4) is 0 Å². The Kier molecular flexibility index (Phi) is 5.33. The lowest BCUT2D eigenvalue weighted by atomic mass is 9.76. The number of hydrogen-bond acceptors (Lipinski definition) is 4. The molecule has 4 unspecified atom stereocenters. The lowest BCUT2D eigenvalue weighted by molar-refractivity contribution is 0.0153. The van der Waals surface area contributed by atoms with Gasteiger partial charge >= 0.3 is 6.03 Å². The summed E-state index contributed by atoms with van der Waals surface area (Å²) in [6.45, 7) is 5.27. The molecule has 2 fully saturated rings. The molecule has 4 atom stereocenters. The minimum absolute atomic E-state index is 0.0424. The minimum Gasteiger partial charge on any atom is -0.393 e. The molecule has 1 saturated heterocycles. The summed E-state index contributed by atoms with van der Waals surface area (Å²) >= 11 is 0. The topological polar surface area (TPSA) is 78.4 Å². The molecule has 132 valence electrons. The largest absolute Gasteiger partial charge is 0.393 e. The molecule has 1 aliphatic carbocycles. The third-order valence-electron chi connectivity index (χ3n) is 5.43. The van der Waals surface area contributed by atoms with Gasteiger partial charge in [0.15, 0.2) is 0 Å². The van der Waals surface area contributed by atoms with E-state index in [9.17, 15) is 9.90 Å². The summed E-state index contributed by atoms with van der Waals surface area (Å²) in [5, 5.41) is 13.4. The van der Waals surface area contributed by atoms with Crippen molar-refractivity contribution >= 4 is 6.03 Å². The van der Waals surface area contributed by atoms with Crippen LogP contribution >= 0.6 is 0 Å². The minimum atomic E-state index is -0.274. The maximum absolute atomic E-state index is 12.6. The van der Waals surface area contributed by atoms with E-state index < -0.39 is 0 Å². The molecule has 24 heavy (non-hydrogen) atoms. The quantitative estimate of drug-likeness (QED) is 0.890. The standard InChI is InChI=1S/C18H28N4O2/c1-12-5-6-17(23)15(10-12)16-4-3-9-22(16)18(24)20-11-14-7-8-19-13(2)21-14/h7-8,12,15-17,23H,3-6,9-11H2,1-2H3,(H,20,24). The highest BCUT2D eigenvalue weighted by atomic mass is 16.3. The second-order valence-corrected chi connectivity index (χ2v) is 7.31. The maximum Gasteiger partial charge on any atom is 0.317 e. The van der Waals surface area contributed by atoms with Gasteiger partial charge in [0, 0.05) is 24.7 Å². The van der Waals surface area contributed by atoms with Crippen LogP contribution in [0.1, 0.15) is 50.5 Å². The second kappa shape index (κ2) is 7.47. The van der Waals surface area contributed by atoms with E-state index in [-0.39, 0.29) is 24.1 Å². The molecule has 2 aliphatic rings. The van der Waals surface area contributed by atoms with Gasteiger partial charge in [0.2, 0.25) is 0 Å². The van der Waals surface area contributed by atoms with Crippen LogP contribution in [0.5, 0.6) is 0 Å². The number of rotatable bonds is 3. The van der Waals surface area contributed by atoms with Crippen LogP contribution in [-0.4, -0.2) is 44.7 Å². The van der Waals surface area contributed by atoms with Crippen LogP contribution in [0.25, 0.3) is 0 Å². The van der Waals surface area contributed by atoms with Crippen LogP contribution < -0.4 is 5.32 Å². The third-order valence-corrected chi connectivity index (χ3v) is 5.43. The van der Waals surface area contributed by atoms with Gasteiger partial charge in [-0.2, -0.15) is 0 Å². The fraction of sp³-hybridized carbons (Fsp3) is 0.722. The average molecular weight is 332 g/mol. The Morgan fingerprint density at radius 1 is 1.42 bits per heavy atom. The molecule has 1 aliphatic heterocycles. The highest BCUT2D eigenvalue weighted by molar-refractivity contribution is 5.74. The number of aliphatic hydroxyl groups is 1. The van der Waals surface area contributed by atoms with Crippen molar-refractivity contribution in [3.63, 3.8) is 0 Å². The molecular formula is C18H28N4O2. The van der Waals surface area contributed by atoms with Gasteiger partial charge in [0.1, 0.15) is 5.82 Å². The lowest BCUT2D eigenvalue weighted by Gasteiger charge is -2.39. The monoisotopic (exact) mass is 332 g/mol. The number of carbonyl (C=O) groups excluding carboxylic acids is 1. The first-order valence-corrected chi connectivity index (χ1v) is 9.05. The first kappa shape index (κ1) is 17.1. The van der Waals surface area contributed by atoms with E-state index in [1.165, 1.54) is 0 Å². The molecule has 0 bridgehead atoms. The molecular weight excluding hydrogens is 304 g/mol. The zero-order valence-electron chi connectivity index (χ0n) is 14.6. The molecule has 0 spiro atoms. The SMILES string of the molecule is Cc1nccc(CNC(=O)N2CCCC2C2CC(C)CCC2O)n1. The molecule has 2 heterocycles. The summed E-state index contributed by atoms with van der Waals surface area (Å²) in [6, 6.07) is 1.94. The van der Waals surface area contributed by atoms with E-state index in [4.69, 9.17) is 0 Å². The fourth-order valence-corrected chi connectivity index (χ4v) is 4.18. The van der Waals surface area contributed by atoms with Crippen molar-refractivity contribution in [1.82, 2.24) is 20.2 Å². The number of nitrogens with one attached hydrogen (secondary N) is 1. The Bertz CT molecular complexity index is 580. The van der Waals surface area contributed by atoms with Crippen LogP contribution in [0.4, 0.5) is 4.79 Å². The van der Waals surface area contributed by atoms with Crippen molar-refractivity contribution in [1.29, 1.82) is 0 Å². The predicted molar refractivity (Wildman–Crippen MR) is 91.2 cm³/mol. The number of nitrogens with zero attached hydrogens (tertiary/aromatic N) is 3. The number of hydrogen-bond donors (Lipinski definition) is 2. The zero-order chi connectivity index (χ0) is 17.1. The number of urea groups is 1. The van der Waals surface area contributed by atoms with Crippen molar-refractivity contribution in [2.75, 3.05) is 6.54 Å². The molecule has 6 nitrogen and oxygen atoms in total. The summed E-state index contributed by atoms with van der Waals surface area (Å²) in [7, 11) is 0. The fourth-order valence-electron chi connectivity index (χ4n) is 4.18. The van der Waals surface area contributed by atoms with Gasteiger partial charge in [0.05, 0.1) is 18.3 Å². The number of aromatic nitrogens is 2. The number of likely N-dealkylation sites (tertiary alicyclic amines) is 1. The predicted octanol–water partition coefficient (Wildman–Crippen LogP) is 2.26. The average Bonchev–Trinajstić information content (AvgIpc) is 3.04. The number of aliphatic hydroxyl groups excluding tert-OH is 1. The van der Waals surface area contributed by atoms with E-state index in [1.54, 1.807) is 6.20 Å². The molecule has 6 heteroatoms. The first-order chi connectivity index (χ1) is 11.5. The summed E-state index contributed by atoms with van der Waals surface area (Å²) in [5.74, 6) is 1.55. The summed E-state index contributed by atoms with van der Waals surface area (Å²) < 4.78 is 0. The summed E-state index contributed by atoms with van der Waals surface area (Å²) in [5.41, 5.74) is 0.818. The van der Waals surface area contributed by atoms with Crippen LogP contribution in [0.2, 0.25) is 0 Å². The van der Waals surface area contributed by atoms with Gasteiger partial charge in [-0.1, -0.05) is 6.92 Å². The van der Waals surface area contributed by atoms with Gasteiger partial charge in [-0.25, -0.2) is 14.8 Å². The highest BCUT2D eigenvalue weighted by Gasteiger charge is 2.40. The van der Waals surface area contributed by atoms with Gasteiger partial charge in [-0.15, -0.1) is 0 Å². The highest BCUT2D eigenvalue weighted by Crippen LogP contribution is 2.37. The number of aryl methyl sites for hydroxylation is 1. The lowest BCUT2D eigenvalue weighted by Crippen LogP contribution is -2.49. The third kappa shape index (κ3) is 3.86. The van der Waals surface area contributed by atoms with Crippen molar-refractivity contribution in [2.24, 2.45) is 11.8 Å². The summed E-state index contributed by atoms with van der Waals surface area (Å²) in [6.07, 6.45) is 6.41. The normalized spacial score (nSPS) is 30.4. The van der Waals surface area contributed by atoms with Crippen LogP contribution in [0, 0.1) is 18.8 Å². The molecule has 1 saturated carbocycles. The number of carbonyl (C=O) groups is 1. The Balaban J connectivity index is 1.61. The number of amides is 2. The smallest absolute Gasteiger partial charge is 0.317 e. The molecule has 1 aromatic rings. The van der Waals surface area contributed by atoms with Crippen molar-refractivity contribution in [3.05, 3.63) is 23.8 Å². The van der Waals surface area contributed by atoms with E-state index in [2.05, 4.69) is 22.2 Å². The van der Waals surface area contributed by atoms with E-state index in [0.29, 0.717) is 18.3 Å². The van der Waals surface area contributed by atoms with Gasteiger partial charge in [0.25, 0.3) is 0 Å². The molecule has 2 amide bonds. The molecule has 0 radical (unpaired) electrons. The molecule has 1 aromatic heterocycles. The van der Waals surface area contributed by atoms with Gasteiger partial charge < -0.3 is 15.3 Å². The first-order valence-electron chi connectivity index (χ1n) is 9.05. The zero-order valence-corrected chi connectivity index (χ0v) is 14.6. The summed E-state index contributed by atoms with van der Waals surface area (Å²) in [4.78, 5) is 23.0. The van der Waals surface area contributed by atoms with Crippen molar-refractivity contribution in [2.45, 2.75) is 64.6 Å². The van der Waals surface area contributed by atoms with E-state index >= 15 is 0 Å². The Hall–Kier alpha value is -1.69. The van der Waals surface area contributed by atoms with E-state index in [1.807, 2.05) is 17.9 Å². The van der Waals surface area contributed by atoms with Crippen LogP contribution in [0.15, 0.2) is 12.3 Å². The molecule has 0 aromatic carbocycles. The van der Waals surface area contributed by atoms with Gasteiger partial charge in [-0.3, -0.25) is 0 Å². The molecule has 3 rings (SSSR count). The van der Waals surface area contributed by atoms with E-state index in [0.717, 1.165) is 44.3 Å². The second-order valence-electron chi connectivity index (χ2n) is 7.31. The van der Waals surface area contributed by atoms with Crippen molar-refractivity contribution < 1.29 is 9.90 Å². The Morgan fingerprint density at radius 3 is 3.04 bits per heavy atom. The van der Waals surface area contributed by atoms with Gasteiger partial charge in [-0.05, 0) is 51.0 Å².